The van der Waals surface area contributed by atoms with Crippen LogP contribution in [-0.2, 0) is 4.79 Å². The van der Waals surface area contributed by atoms with Gasteiger partial charge < -0.3 is 16.2 Å². The number of carbonyl (C=O) groups is 1. The summed E-state index contributed by atoms with van der Waals surface area (Å²) in [5.74, 6) is 1.31. The number of hydrogen-bond acceptors (Lipinski definition) is 3. The molecule has 2 aliphatic rings. The van der Waals surface area contributed by atoms with Crippen LogP contribution in [0, 0.1) is 11.8 Å². The molecule has 20 heavy (non-hydrogen) atoms. The minimum absolute atomic E-state index is 0.0228. The summed E-state index contributed by atoms with van der Waals surface area (Å²) in [7, 11) is 0. The van der Waals surface area contributed by atoms with Crippen molar-refractivity contribution in [2.75, 3.05) is 6.54 Å². The van der Waals surface area contributed by atoms with Crippen LogP contribution in [0.1, 0.15) is 64.2 Å². The van der Waals surface area contributed by atoms with Gasteiger partial charge in [-0.25, -0.2) is 0 Å². The van der Waals surface area contributed by atoms with Crippen LogP contribution in [0.15, 0.2) is 0 Å². The van der Waals surface area contributed by atoms with E-state index in [4.69, 9.17) is 5.73 Å². The molecule has 4 N–H and O–H groups in total. The van der Waals surface area contributed by atoms with Crippen molar-refractivity contribution in [3.05, 3.63) is 0 Å². The van der Waals surface area contributed by atoms with Gasteiger partial charge in [-0.15, -0.1) is 0 Å². The lowest BCUT2D eigenvalue weighted by atomic mass is 9.80. The number of nitrogens with two attached hydrogens (primary N) is 1. The number of carbonyl (C=O) groups excluding carboxylic acids is 1. The molecule has 4 nitrogen and oxygen atoms in total. The summed E-state index contributed by atoms with van der Waals surface area (Å²) in [4.78, 5) is 12.1. The smallest absolute Gasteiger partial charge is 0.220 e. The molecule has 2 fully saturated rings. The van der Waals surface area contributed by atoms with Crippen LogP contribution in [-0.4, -0.2) is 29.7 Å². The standard InChI is InChI=1S/C16H30N2O2/c17-11-13-8-6-12(7-9-13)10-16(20)18-14-4-2-1-3-5-15(14)19/h12-15,19H,1-11,17H2,(H,18,20). The molecule has 2 rings (SSSR count). The van der Waals surface area contributed by atoms with E-state index in [0.29, 0.717) is 18.3 Å². The monoisotopic (exact) mass is 282 g/mol. The van der Waals surface area contributed by atoms with Gasteiger partial charge in [0, 0.05) is 6.42 Å². The van der Waals surface area contributed by atoms with Gasteiger partial charge in [0.2, 0.25) is 5.91 Å². The van der Waals surface area contributed by atoms with Crippen molar-refractivity contribution >= 4 is 5.91 Å². The topological polar surface area (TPSA) is 75.4 Å². The van der Waals surface area contributed by atoms with Crippen LogP contribution in [0.25, 0.3) is 0 Å². The molecule has 0 spiro atoms. The third-order valence-electron chi connectivity index (χ3n) is 5.10. The third-order valence-corrected chi connectivity index (χ3v) is 5.10. The average Bonchev–Trinajstić information content (AvgIpc) is 2.65. The van der Waals surface area contributed by atoms with E-state index in [2.05, 4.69) is 5.32 Å². The predicted octanol–water partition coefficient (Wildman–Crippen LogP) is 1.95. The van der Waals surface area contributed by atoms with Crippen molar-refractivity contribution in [1.82, 2.24) is 5.32 Å². The molecule has 2 aliphatic carbocycles. The summed E-state index contributed by atoms with van der Waals surface area (Å²) in [5.41, 5.74) is 5.70. The molecule has 0 heterocycles. The zero-order valence-corrected chi connectivity index (χ0v) is 12.5. The van der Waals surface area contributed by atoms with Gasteiger partial charge in [0.25, 0.3) is 0 Å². The first-order valence-corrected chi connectivity index (χ1v) is 8.36. The highest BCUT2D eigenvalue weighted by molar-refractivity contribution is 5.76. The van der Waals surface area contributed by atoms with Gasteiger partial charge >= 0.3 is 0 Å². The second-order valence-electron chi connectivity index (χ2n) is 6.71. The fraction of sp³-hybridized carbons (Fsp3) is 0.938. The first kappa shape index (κ1) is 15.8. The van der Waals surface area contributed by atoms with Crippen molar-refractivity contribution < 1.29 is 9.90 Å². The Morgan fingerprint density at radius 2 is 1.65 bits per heavy atom. The summed E-state index contributed by atoms with van der Waals surface area (Å²) in [5, 5.41) is 13.1. The lowest BCUT2D eigenvalue weighted by Gasteiger charge is -2.28. The van der Waals surface area contributed by atoms with E-state index in [1.165, 1.54) is 19.3 Å². The molecule has 2 unspecified atom stereocenters. The Balaban J connectivity index is 1.72. The Bertz CT molecular complexity index is 301. The Morgan fingerprint density at radius 1 is 1.00 bits per heavy atom. The van der Waals surface area contributed by atoms with Crippen LogP contribution in [0.2, 0.25) is 0 Å². The van der Waals surface area contributed by atoms with Gasteiger partial charge in [-0.2, -0.15) is 0 Å². The number of aliphatic hydroxyl groups excluding tert-OH is 1. The van der Waals surface area contributed by atoms with Crippen molar-refractivity contribution in [2.24, 2.45) is 17.6 Å². The molecule has 0 aromatic rings. The summed E-state index contributed by atoms with van der Waals surface area (Å²) >= 11 is 0. The molecular formula is C16H30N2O2. The molecule has 0 aromatic heterocycles. The molecule has 2 saturated carbocycles. The Morgan fingerprint density at radius 3 is 2.35 bits per heavy atom. The van der Waals surface area contributed by atoms with E-state index in [1.54, 1.807) is 0 Å². The van der Waals surface area contributed by atoms with Gasteiger partial charge in [0.05, 0.1) is 12.1 Å². The van der Waals surface area contributed by atoms with Gasteiger partial charge in [-0.1, -0.05) is 19.3 Å². The SMILES string of the molecule is NCC1CCC(CC(=O)NC2CCCCCC2O)CC1. The number of aliphatic hydroxyl groups is 1. The molecule has 116 valence electrons. The molecule has 4 heteroatoms. The summed E-state index contributed by atoms with van der Waals surface area (Å²) in [6.45, 7) is 0.785. The van der Waals surface area contributed by atoms with Gasteiger partial charge in [-0.3, -0.25) is 4.79 Å². The summed E-state index contributed by atoms with van der Waals surface area (Å²) in [6, 6.07) is -0.0228. The van der Waals surface area contributed by atoms with Crippen molar-refractivity contribution in [3.63, 3.8) is 0 Å². The highest BCUT2D eigenvalue weighted by atomic mass is 16.3. The molecule has 1 amide bonds. The fourth-order valence-corrected chi connectivity index (χ4v) is 3.66. The lowest BCUT2D eigenvalue weighted by Crippen LogP contribution is -2.43. The van der Waals surface area contributed by atoms with Gasteiger partial charge in [0.15, 0.2) is 0 Å². The Labute approximate surface area is 122 Å². The predicted molar refractivity (Wildman–Crippen MR) is 80.1 cm³/mol. The molecule has 0 saturated heterocycles. The quantitative estimate of drug-likeness (QED) is 0.690. The maximum atomic E-state index is 12.1. The Hall–Kier alpha value is -0.610. The molecule has 0 aliphatic heterocycles. The van der Waals surface area contributed by atoms with Gasteiger partial charge in [-0.05, 0) is 56.9 Å². The second kappa shape index (κ2) is 7.99. The van der Waals surface area contributed by atoms with Crippen molar-refractivity contribution in [3.8, 4) is 0 Å². The zero-order valence-electron chi connectivity index (χ0n) is 12.5. The van der Waals surface area contributed by atoms with E-state index in [1.807, 2.05) is 0 Å². The maximum Gasteiger partial charge on any atom is 0.220 e. The fourth-order valence-electron chi connectivity index (χ4n) is 3.66. The number of amides is 1. The molecule has 0 aromatic carbocycles. The number of nitrogens with one attached hydrogen (secondary N) is 1. The van der Waals surface area contributed by atoms with Gasteiger partial charge in [0.1, 0.15) is 0 Å². The third kappa shape index (κ3) is 4.74. The number of hydrogen-bond donors (Lipinski definition) is 3. The van der Waals surface area contributed by atoms with Crippen LogP contribution < -0.4 is 11.1 Å². The van der Waals surface area contributed by atoms with E-state index in [-0.39, 0.29) is 18.1 Å². The minimum Gasteiger partial charge on any atom is -0.391 e. The van der Waals surface area contributed by atoms with E-state index < -0.39 is 0 Å². The van der Waals surface area contributed by atoms with E-state index >= 15 is 0 Å². The van der Waals surface area contributed by atoms with E-state index in [0.717, 1.165) is 45.1 Å². The largest absolute Gasteiger partial charge is 0.391 e. The summed E-state index contributed by atoms with van der Waals surface area (Å²) in [6.07, 6.45) is 9.98. The van der Waals surface area contributed by atoms with Crippen LogP contribution in [0.3, 0.4) is 0 Å². The highest BCUT2D eigenvalue weighted by Crippen LogP contribution is 2.30. The zero-order chi connectivity index (χ0) is 14.4. The summed E-state index contributed by atoms with van der Waals surface area (Å²) < 4.78 is 0. The second-order valence-corrected chi connectivity index (χ2v) is 6.71. The van der Waals surface area contributed by atoms with Crippen LogP contribution in [0.4, 0.5) is 0 Å². The normalized spacial score (nSPS) is 35.3. The molecule has 0 radical (unpaired) electrons. The molecule has 0 bridgehead atoms. The first-order chi connectivity index (χ1) is 9.69. The van der Waals surface area contributed by atoms with Crippen LogP contribution in [0.5, 0.6) is 0 Å². The number of rotatable bonds is 4. The highest BCUT2D eigenvalue weighted by Gasteiger charge is 2.26. The first-order valence-electron chi connectivity index (χ1n) is 8.36. The average molecular weight is 282 g/mol. The maximum absolute atomic E-state index is 12.1. The lowest BCUT2D eigenvalue weighted by molar-refractivity contribution is -0.124. The Kier molecular flexibility index (Phi) is 6.30. The molecular weight excluding hydrogens is 252 g/mol. The van der Waals surface area contributed by atoms with Crippen molar-refractivity contribution in [1.29, 1.82) is 0 Å². The van der Waals surface area contributed by atoms with E-state index in [9.17, 15) is 9.90 Å². The molecule has 2 atom stereocenters. The van der Waals surface area contributed by atoms with Crippen LogP contribution >= 0.6 is 0 Å². The minimum atomic E-state index is -0.352. The van der Waals surface area contributed by atoms with Crippen molar-refractivity contribution in [2.45, 2.75) is 76.4 Å².